The molecule has 2 aromatic carbocycles. The molecule has 0 saturated heterocycles. The SMILES string of the molecule is O=C(Nc1cc(C(F)(F)F)ccc1Cl)c1c2c(cc3c1OCC3)OCC2. The average Bonchev–Trinajstić information content (AvgIpc) is 3.21. The quantitative estimate of drug-likeness (QED) is 0.831. The van der Waals surface area contributed by atoms with Crippen molar-refractivity contribution < 1.29 is 27.4 Å². The Morgan fingerprint density at radius 2 is 1.88 bits per heavy atom. The number of halogens is 4. The van der Waals surface area contributed by atoms with Gasteiger partial charge in [-0.3, -0.25) is 4.79 Å². The molecule has 2 aliphatic heterocycles. The Balaban J connectivity index is 1.73. The number of anilines is 1. The molecule has 0 fully saturated rings. The van der Waals surface area contributed by atoms with E-state index in [1.54, 1.807) is 0 Å². The van der Waals surface area contributed by atoms with E-state index in [0.29, 0.717) is 48.7 Å². The number of benzene rings is 2. The molecule has 0 bridgehead atoms. The molecule has 0 aromatic heterocycles. The summed E-state index contributed by atoms with van der Waals surface area (Å²) in [7, 11) is 0. The van der Waals surface area contributed by atoms with Gasteiger partial charge in [-0.25, -0.2) is 0 Å². The number of carbonyl (C=O) groups excluding carboxylic acids is 1. The lowest BCUT2D eigenvalue weighted by atomic mass is 9.99. The van der Waals surface area contributed by atoms with Crippen LogP contribution in [0.1, 0.15) is 27.0 Å². The Labute approximate surface area is 151 Å². The number of hydrogen-bond donors (Lipinski definition) is 1. The summed E-state index contributed by atoms with van der Waals surface area (Å²) in [5.41, 5.74) is 0.869. The van der Waals surface area contributed by atoms with Crippen molar-refractivity contribution in [1.29, 1.82) is 0 Å². The maximum Gasteiger partial charge on any atom is 0.416 e. The summed E-state index contributed by atoms with van der Waals surface area (Å²) in [4.78, 5) is 12.9. The summed E-state index contributed by atoms with van der Waals surface area (Å²) in [6.07, 6.45) is -3.35. The maximum atomic E-state index is 12.9. The van der Waals surface area contributed by atoms with Crippen molar-refractivity contribution in [1.82, 2.24) is 0 Å². The Kier molecular flexibility index (Phi) is 3.99. The van der Waals surface area contributed by atoms with Crippen LogP contribution >= 0.6 is 11.6 Å². The highest BCUT2D eigenvalue weighted by Crippen LogP contribution is 2.41. The predicted molar refractivity (Wildman–Crippen MR) is 89.2 cm³/mol. The van der Waals surface area contributed by atoms with Crippen molar-refractivity contribution in [2.45, 2.75) is 19.0 Å². The number of hydrogen-bond acceptors (Lipinski definition) is 3. The monoisotopic (exact) mass is 383 g/mol. The van der Waals surface area contributed by atoms with Crippen LogP contribution in [-0.2, 0) is 19.0 Å². The van der Waals surface area contributed by atoms with E-state index in [1.165, 1.54) is 0 Å². The number of fused-ring (bicyclic) bond motifs is 2. The molecule has 2 heterocycles. The first-order valence-corrected chi connectivity index (χ1v) is 8.35. The third-order valence-electron chi connectivity index (χ3n) is 4.42. The van der Waals surface area contributed by atoms with Gasteiger partial charge in [0.05, 0.1) is 35.1 Å². The molecule has 136 valence electrons. The summed E-state index contributed by atoms with van der Waals surface area (Å²) < 4.78 is 49.9. The van der Waals surface area contributed by atoms with Gasteiger partial charge in [-0.15, -0.1) is 0 Å². The molecule has 26 heavy (non-hydrogen) atoms. The van der Waals surface area contributed by atoms with Crippen molar-refractivity contribution in [2.24, 2.45) is 0 Å². The zero-order valence-corrected chi connectivity index (χ0v) is 14.1. The van der Waals surface area contributed by atoms with Gasteiger partial charge in [0.15, 0.2) is 0 Å². The van der Waals surface area contributed by atoms with Crippen LogP contribution in [0.3, 0.4) is 0 Å². The highest BCUT2D eigenvalue weighted by atomic mass is 35.5. The van der Waals surface area contributed by atoms with Crippen LogP contribution in [0.15, 0.2) is 24.3 Å². The molecule has 0 radical (unpaired) electrons. The van der Waals surface area contributed by atoms with Gasteiger partial charge in [0.1, 0.15) is 11.5 Å². The van der Waals surface area contributed by atoms with Crippen LogP contribution in [0.5, 0.6) is 11.5 Å². The second-order valence-corrected chi connectivity index (χ2v) is 6.47. The molecule has 4 nitrogen and oxygen atoms in total. The van der Waals surface area contributed by atoms with Crippen molar-refractivity contribution in [3.05, 3.63) is 51.5 Å². The number of ether oxygens (including phenoxy) is 2. The van der Waals surface area contributed by atoms with E-state index in [-0.39, 0.29) is 10.7 Å². The van der Waals surface area contributed by atoms with Crippen LogP contribution in [0, 0.1) is 0 Å². The predicted octanol–water partition coefficient (Wildman–Crippen LogP) is 4.48. The molecule has 2 aromatic rings. The van der Waals surface area contributed by atoms with Gasteiger partial charge >= 0.3 is 6.18 Å². The van der Waals surface area contributed by atoms with Crippen molar-refractivity contribution in [2.75, 3.05) is 18.5 Å². The Morgan fingerprint density at radius 1 is 1.12 bits per heavy atom. The fraction of sp³-hybridized carbons (Fsp3) is 0.278. The van der Waals surface area contributed by atoms with E-state index in [2.05, 4.69) is 5.32 Å². The van der Waals surface area contributed by atoms with Gasteiger partial charge in [-0.1, -0.05) is 11.6 Å². The van der Waals surface area contributed by atoms with E-state index >= 15 is 0 Å². The summed E-state index contributed by atoms with van der Waals surface area (Å²) in [5, 5.41) is 2.51. The van der Waals surface area contributed by atoms with Crippen molar-refractivity contribution >= 4 is 23.2 Å². The molecule has 0 saturated carbocycles. The van der Waals surface area contributed by atoms with Gasteiger partial charge < -0.3 is 14.8 Å². The molecular formula is C18H13ClF3NO3. The lowest BCUT2D eigenvalue weighted by Gasteiger charge is -2.15. The zero-order valence-electron chi connectivity index (χ0n) is 13.4. The van der Waals surface area contributed by atoms with Gasteiger partial charge in [0.2, 0.25) is 0 Å². The fourth-order valence-electron chi connectivity index (χ4n) is 3.21. The number of amides is 1. The smallest absolute Gasteiger partial charge is 0.416 e. The second kappa shape index (κ2) is 6.09. The first kappa shape index (κ1) is 17.0. The lowest BCUT2D eigenvalue weighted by Crippen LogP contribution is -2.16. The topological polar surface area (TPSA) is 47.6 Å². The third-order valence-corrected chi connectivity index (χ3v) is 4.75. The minimum atomic E-state index is -4.53. The number of rotatable bonds is 2. The van der Waals surface area contributed by atoms with Gasteiger partial charge in [0, 0.05) is 24.0 Å². The summed E-state index contributed by atoms with van der Waals surface area (Å²) in [6, 6.07) is 4.66. The minimum Gasteiger partial charge on any atom is -0.493 e. The van der Waals surface area contributed by atoms with Crippen LogP contribution in [0.25, 0.3) is 0 Å². The molecule has 0 spiro atoms. The minimum absolute atomic E-state index is 0.0211. The van der Waals surface area contributed by atoms with Gasteiger partial charge in [0.25, 0.3) is 5.91 Å². The Morgan fingerprint density at radius 3 is 2.65 bits per heavy atom. The molecule has 4 rings (SSSR count). The molecule has 8 heteroatoms. The van der Waals surface area contributed by atoms with Crippen LogP contribution in [0.2, 0.25) is 5.02 Å². The highest BCUT2D eigenvalue weighted by Gasteiger charge is 2.33. The first-order chi connectivity index (χ1) is 12.3. The summed E-state index contributed by atoms with van der Waals surface area (Å²) in [5.74, 6) is 0.524. The standard InChI is InChI=1S/C18H13ClF3NO3/c19-12-2-1-10(18(20,21)22)8-13(12)23-17(24)15-11-4-6-25-14(11)7-9-3-5-26-16(9)15/h1-2,7-8H,3-6H2,(H,23,24). The second-order valence-electron chi connectivity index (χ2n) is 6.06. The molecule has 0 unspecified atom stereocenters. The number of nitrogens with one attached hydrogen (secondary N) is 1. The van der Waals surface area contributed by atoms with E-state index in [0.717, 1.165) is 23.8 Å². The van der Waals surface area contributed by atoms with E-state index in [1.807, 2.05) is 6.07 Å². The van der Waals surface area contributed by atoms with E-state index in [4.69, 9.17) is 21.1 Å². The first-order valence-electron chi connectivity index (χ1n) is 7.97. The van der Waals surface area contributed by atoms with E-state index in [9.17, 15) is 18.0 Å². The molecule has 0 aliphatic carbocycles. The largest absolute Gasteiger partial charge is 0.493 e. The number of alkyl halides is 3. The highest BCUT2D eigenvalue weighted by molar-refractivity contribution is 6.34. The molecule has 1 amide bonds. The normalized spacial score (nSPS) is 15.1. The third kappa shape index (κ3) is 2.86. The average molecular weight is 384 g/mol. The van der Waals surface area contributed by atoms with Crippen LogP contribution < -0.4 is 14.8 Å². The Bertz CT molecular complexity index is 879. The Hall–Kier alpha value is -2.41. The van der Waals surface area contributed by atoms with E-state index < -0.39 is 17.6 Å². The fourth-order valence-corrected chi connectivity index (χ4v) is 3.37. The zero-order chi connectivity index (χ0) is 18.5. The molecular weight excluding hydrogens is 371 g/mol. The van der Waals surface area contributed by atoms with Crippen molar-refractivity contribution in [3.63, 3.8) is 0 Å². The van der Waals surface area contributed by atoms with Gasteiger partial charge in [-0.05, 0) is 24.3 Å². The molecule has 1 N–H and O–H groups in total. The lowest BCUT2D eigenvalue weighted by molar-refractivity contribution is -0.137. The summed E-state index contributed by atoms with van der Waals surface area (Å²) in [6.45, 7) is 0.894. The summed E-state index contributed by atoms with van der Waals surface area (Å²) >= 11 is 5.97. The molecule has 2 aliphatic rings. The van der Waals surface area contributed by atoms with Crippen LogP contribution in [0.4, 0.5) is 18.9 Å². The van der Waals surface area contributed by atoms with Crippen molar-refractivity contribution in [3.8, 4) is 11.5 Å². The number of carbonyl (C=O) groups is 1. The van der Waals surface area contributed by atoms with Crippen LogP contribution in [-0.4, -0.2) is 19.1 Å². The maximum absolute atomic E-state index is 12.9. The molecule has 0 atom stereocenters. The van der Waals surface area contributed by atoms with Gasteiger partial charge in [-0.2, -0.15) is 13.2 Å².